The van der Waals surface area contributed by atoms with Crippen LogP contribution in [-0.2, 0) is 4.79 Å². The molecule has 0 N–H and O–H groups in total. The number of benzene rings is 1. The van der Waals surface area contributed by atoms with Crippen molar-refractivity contribution in [3.63, 3.8) is 0 Å². The Kier molecular flexibility index (Phi) is 3.77. The molecule has 0 unspecified atom stereocenters. The number of methoxy groups -OCH3 is 3. The van der Waals surface area contributed by atoms with E-state index in [-0.39, 0.29) is 0 Å². The Morgan fingerprint density at radius 3 is 1.93 bits per heavy atom. The van der Waals surface area contributed by atoms with Crippen LogP contribution in [0.25, 0.3) is 6.08 Å². The van der Waals surface area contributed by atoms with Crippen molar-refractivity contribution >= 4 is 12.0 Å². The molecule has 4 nitrogen and oxygen atoms in total. The predicted molar refractivity (Wildman–Crippen MR) is 56.3 cm³/mol. The van der Waals surface area contributed by atoms with E-state index >= 15 is 0 Å². The summed E-state index contributed by atoms with van der Waals surface area (Å²) >= 11 is 0. The van der Waals surface area contributed by atoms with E-state index in [0.29, 0.717) is 22.8 Å². The summed E-state index contributed by atoms with van der Waals surface area (Å²) in [5.41, 5.74) is 0.652. The molecule has 1 rings (SSSR count). The highest BCUT2D eigenvalue weighted by Gasteiger charge is 2.11. The minimum atomic E-state index is 0.503. The van der Waals surface area contributed by atoms with Gasteiger partial charge in [-0.15, -0.1) is 0 Å². The van der Waals surface area contributed by atoms with E-state index in [0.717, 1.165) is 0 Å². The Balaban J connectivity index is 3.34. The second kappa shape index (κ2) is 5.08. The summed E-state index contributed by atoms with van der Waals surface area (Å²) in [7, 11) is 4.56. The first-order valence-corrected chi connectivity index (χ1v) is 4.27. The molecule has 0 atom stereocenters. The lowest BCUT2D eigenvalue weighted by Gasteiger charge is -2.12. The van der Waals surface area contributed by atoms with Crippen LogP contribution in [0.1, 0.15) is 5.56 Å². The van der Waals surface area contributed by atoms with Gasteiger partial charge in [-0.3, -0.25) is 0 Å². The zero-order chi connectivity index (χ0) is 11.3. The number of hydrogen-bond acceptors (Lipinski definition) is 4. The summed E-state index contributed by atoms with van der Waals surface area (Å²) in [6.07, 6.45) is 1.30. The lowest BCUT2D eigenvalue weighted by atomic mass is 10.2. The molecule has 0 amide bonds. The Labute approximate surface area is 88.1 Å². The minimum Gasteiger partial charge on any atom is -0.493 e. The van der Waals surface area contributed by atoms with E-state index in [9.17, 15) is 4.79 Å². The van der Waals surface area contributed by atoms with Crippen molar-refractivity contribution < 1.29 is 19.0 Å². The number of carbonyl (C=O) groups excluding carboxylic acids is 1. The first-order valence-electron chi connectivity index (χ1n) is 4.27. The summed E-state index contributed by atoms with van der Waals surface area (Å²) in [6.45, 7) is 0. The molecule has 1 aromatic carbocycles. The highest BCUT2D eigenvalue weighted by Crippen LogP contribution is 2.38. The van der Waals surface area contributed by atoms with Crippen LogP contribution in [0.15, 0.2) is 12.1 Å². The van der Waals surface area contributed by atoms with E-state index in [1.54, 1.807) is 18.1 Å². The molecular formula is C11H12O4. The Bertz CT molecular complexity index is 367. The molecule has 0 bridgehead atoms. The van der Waals surface area contributed by atoms with Gasteiger partial charge in [0.25, 0.3) is 0 Å². The minimum absolute atomic E-state index is 0.503. The molecule has 0 aliphatic carbocycles. The SMILES string of the molecule is COc1cc(C=C=O)cc(OC)c1OC. The van der Waals surface area contributed by atoms with Crippen molar-refractivity contribution in [1.82, 2.24) is 0 Å². The average Bonchev–Trinajstić information content (AvgIpc) is 2.28. The van der Waals surface area contributed by atoms with Crippen molar-refractivity contribution in [2.45, 2.75) is 0 Å². The van der Waals surface area contributed by atoms with Crippen LogP contribution in [0.4, 0.5) is 0 Å². The van der Waals surface area contributed by atoms with Crippen molar-refractivity contribution in [2.75, 3.05) is 21.3 Å². The van der Waals surface area contributed by atoms with Gasteiger partial charge in [0.1, 0.15) is 5.94 Å². The molecule has 0 aliphatic heterocycles. The Hall–Kier alpha value is -1.93. The molecule has 0 saturated heterocycles. The summed E-state index contributed by atoms with van der Waals surface area (Å²) < 4.78 is 15.4. The summed E-state index contributed by atoms with van der Waals surface area (Å²) in [5, 5.41) is 0. The van der Waals surface area contributed by atoms with Crippen molar-refractivity contribution in [1.29, 1.82) is 0 Å². The van der Waals surface area contributed by atoms with Crippen molar-refractivity contribution in [3.8, 4) is 17.2 Å². The third-order valence-electron chi connectivity index (χ3n) is 1.91. The van der Waals surface area contributed by atoms with Gasteiger partial charge in [-0.2, -0.15) is 0 Å². The molecule has 0 radical (unpaired) electrons. The summed E-state index contributed by atoms with van der Waals surface area (Å²) in [6, 6.07) is 3.35. The molecule has 15 heavy (non-hydrogen) atoms. The topological polar surface area (TPSA) is 44.8 Å². The van der Waals surface area contributed by atoms with Gasteiger partial charge in [0.15, 0.2) is 11.5 Å². The molecule has 0 saturated carbocycles. The van der Waals surface area contributed by atoms with Gasteiger partial charge in [-0.1, -0.05) is 0 Å². The zero-order valence-electron chi connectivity index (χ0n) is 8.87. The number of hydrogen-bond donors (Lipinski definition) is 0. The second-order valence-corrected chi connectivity index (χ2v) is 2.72. The normalized spacial score (nSPS) is 9.00. The molecule has 0 heterocycles. The van der Waals surface area contributed by atoms with Gasteiger partial charge in [-0.25, -0.2) is 4.79 Å². The van der Waals surface area contributed by atoms with E-state index in [2.05, 4.69) is 0 Å². The lowest BCUT2D eigenvalue weighted by molar-refractivity contribution is 0.324. The average molecular weight is 208 g/mol. The van der Waals surface area contributed by atoms with Crippen LogP contribution < -0.4 is 14.2 Å². The number of rotatable bonds is 4. The molecule has 0 aromatic heterocycles. The van der Waals surface area contributed by atoms with Crippen LogP contribution in [0.3, 0.4) is 0 Å². The van der Waals surface area contributed by atoms with E-state index in [4.69, 9.17) is 14.2 Å². The summed E-state index contributed by atoms with van der Waals surface area (Å²) in [4.78, 5) is 10.2. The molecule has 4 heteroatoms. The fourth-order valence-electron chi connectivity index (χ4n) is 1.25. The summed E-state index contributed by atoms with van der Waals surface area (Å²) in [5.74, 6) is 3.22. The molecule has 1 aromatic rings. The van der Waals surface area contributed by atoms with Crippen LogP contribution in [0.5, 0.6) is 17.2 Å². The van der Waals surface area contributed by atoms with Gasteiger partial charge < -0.3 is 14.2 Å². The van der Waals surface area contributed by atoms with Gasteiger partial charge in [0, 0.05) is 6.08 Å². The van der Waals surface area contributed by atoms with Crippen LogP contribution in [0, 0.1) is 0 Å². The van der Waals surface area contributed by atoms with Gasteiger partial charge in [0.2, 0.25) is 5.75 Å². The largest absolute Gasteiger partial charge is 0.493 e. The van der Waals surface area contributed by atoms with Crippen molar-refractivity contribution in [2.24, 2.45) is 0 Å². The highest BCUT2D eigenvalue weighted by molar-refractivity contribution is 5.77. The maximum atomic E-state index is 10.2. The first kappa shape index (κ1) is 11.1. The van der Waals surface area contributed by atoms with Gasteiger partial charge >= 0.3 is 0 Å². The monoisotopic (exact) mass is 208 g/mol. The van der Waals surface area contributed by atoms with Gasteiger partial charge in [-0.05, 0) is 17.7 Å². The third-order valence-corrected chi connectivity index (χ3v) is 1.91. The third kappa shape index (κ3) is 2.30. The molecule has 0 fully saturated rings. The fourth-order valence-corrected chi connectivity index (χ4v) is 1.25. The molecule has 0 aliphatic rings. The maximum Gasteiger partial charge on any atom is 0.203 e. The quantitative estimate of drug-likeness (QED) is 0.704. The first-order chi connectivity index (χ1) is 7.26. The molecule has 0 spiro atoms. The van der Waals surface area contributed by atoms with Gasteiger partial charge in [0.05, 0.1) is 21.3 Å². The fraction of sp³-hybridized carbons (Fsp3) is 0.273. The van der Waals surface area contributed by atoms with Crippen molar-refractivity contribution in [3.05, 3.63) is 17.7 Å². The molecular weight excluding hydrogens is 196 g/mol. The Morgan fingerprint density at radius 1 is 1.07 bits per heavy atom. The van der Waals surface area contributed by atoms with E-state index < -0.39 is 0 Å². The second-order valence-electron chi connectivity index (χ2n) is 2.72. The van der Waals surface area contributed by atoms with Crippen LogP contribution in [-0.4, -0.2) is 27.3 Å². The standard InChI is InChI=1S/C11H12O4/c1-13-9-6-8(4-5-12)7-10(14-2)11(9)15-3/h4,6-7H,1-3H3. The van der Waals surface area contributed by atoms with Crippen LogP contribution >= 0.6 is 0 Å². The smallest absolute Gasteiger partial charge is 0.203 e. The van der Waals surface area contributed by atoms with Crippen LogP contribution in [0.2, 0.25) is 0 Å². The van der Waals surface area contributed by atoms with E-state index in [1.165, 1.54) is 27.4 Å². The maximum absolute atomic E-state index is 10.2. The predicted octanol–water partition coefficient (Wildman–Crippen LogP) is 1.56. The highest BCUT2D eigenvalue weighted by atomic mass is 16.5. The Morgan fingerprint density at radius 2 is 1.60 bits per heavy atom. The zero-order valence-corrected chi connectivity index (χ0v) is 8.87. The number of ether oxygens (including phenoxy) is 3. The molecule has 80 valence electrons. The lowest BCUT2D eigenvalue weighted by Crippen LogP contribution is -1.95. The van der Waals surface area contributed by atoms with E-state index in [1.807, 2.05) is 0 Å².